The first-order valence-electron chi connectivity index (χ1n) is 14.1. The van der Waals surface area contributed by atoms with Crippen molar-refractivity contribution in [3.63, 3.8) is 0 Å². The van der Waals surface area contributed by atoms with E-state index in [1.165, 1.54) is 0 Å². The second-order valence-electron chi connectivity index (χ2n) is 10.2. The summed E-state index contributed by atoms with van der Waals surface area (Å²) in [6.45, 7) is 5.57. The summed E-state index contributed by atoms with van der Waals surface area (Å²) in [4.78, 5) is 49.8. The van der Waals surface area contributed by atoms with Crippen molar-refractivity contribution < 1.29 is 14.3 Å². The molecule has 44 heavy (non-hydrogen) atoms. The van der Waals surface area contributed by atoms with Crippen molar-refractivity contribution in [3.8, 4) is 5.69 Å². The summed E-state index contributed by atoms with van der Waals surface area (Å²) in [7, 11) is 0. The van der Waals surface area contributed by atoms with Crippen LogP contribution in [0.1, 0.15) is 36.7 Å². The largest absolute Gasteiger partial charge is 0.463 e. The molecule has 1 N–H and O–H groups in total. The van der Waals surface area contributed by atoms with Crippen LogP contribution in [-0.4, -0.2) is 48.7 Å². The fraction of sp³-hybridized carbons (Fsp3) is 0.182. The van der Waals surface area contributed by atoms with E-state index in [0.717, 1.165) is 22.5 Å². The Morgan fingerprint density at radius 1 is 0.977 bits per heavy atom. The van der Waals surface area contributed by atoms with Crippen molar-refractivity contribution in [2.75, 3.05) is 11.9 Å². The summed E-state index contributed by atoms with van der Waals surface area (Å²) in [5.41, 5.74) is 4.90. The lowest BCUT2D eigenvalue weighted by molar-refractivity contribution is -0.138. The lowest BCUT2D eigenvalue weighted by Gasteiger charge is -2.33. The first kappa shape index (κ1) is 28.9. The van der Waals surface area contributed by atoms with Gasteiger partial charge in [-0.3, -0.25) is 19.3 Å². The predicted molar refractivity (Wildman–Crippen MR) is 169 cm³/mol. The number of esters is 1. The first-order valence-corrected chi connectivity index (χ1v) is 14.4. The average molecular weight is 606 g/mol. The number of halogens is 1. The van der Waals surface area contributed by atoms with Gasteiger partial charge in [0.25, 0.3) is 0 Å². The molecular formula is C33H28ClN7O3. The molecule has 1 aliphatic rings. The maximum absolute atomic E-state index is 13.9. The number of nitrogens with one attached hydrogen (secondary N) is 1. The van der Waals surface area contributed by atoms with Gasteiger partial charge in [0.1, 0.15) is 22.3 Å². The summed E-state index contributed by atoms with van der Waals surface area (Å²) < 4.78 is 7.60. The van der Waals surface area contributed by atoms with Crippen LogP contribution in [0.5, 0.6) is 0 Å². The summed E-state index contributed by atoms with van der Waals surface area (Å²) in [6, 6.07) is 18.3. The molecule has 0 fully saturated rings. The molecular weight excluding hydrogens is 578 g/mol. The molecule has 2 atom stereocenters. The zero-order valence-corrected chi connectivity index (χ0v) is 25.0. The highest BCUT2D eigenvalue weighted by atomic mass is 35.5. The molecule has 2 unspecified atom stereocenters. The fourth-order valence-corrected chi connectivity index (χ4v) is 5.84. The van der Waals surface area contributed by atoms with Gasteiger partial charge in [-0.25, -0.2) is 19.7 Å². The SMILES string of the molecule is CCOC(=O)C1=C(c2ccc(-n3c(C)nc4cnccc43)cc2)N=C(C)C(C(=O)Nc2ccccn2)C1c1cccnc1Cl. The van der Waals surface area contributed by atoms with Crippen LogP contribution < -0.4 is 5.32 Å². The minimum Gasteiger partial charge on any atom is -0.463 e. The van der Waals surface area contributed by atoms with E-state index in [1.54, 1.807) is 69.0 Å². The maximum Gasteiger partial charge on any atom is 0.336 e. The Bertz CT molecular complexity index is 1930. The third-order valence-corrected chi connectivity index (χ3v) is 7.79. The number of carbonyl (C=O) groups excluding carboxylic acids is 2. The number of anilines is 1. The van der Waals surface area contributed by atoms with Gasteiger partial charge in [0.15, 0.2) is 0 Å². The van der Waals surface area contributed by atoms with E-state index in [1.807, 2.05) is 41.8 Å². The van der Waals surface area contributed by atoms with Crippen molar-refractivity contribution >= 4 is 51.7 Å². The van der Waals surface area contributed by atoms with Gasteiger partial charge in [-0.1, -0.05) is 35.9 Å². The minimum atomic E-state index is -0.894. The van der Waals surface area contributed by atoms with E-state index in [0.29, 0.717) is 28.4 Å². The molecule has 10 nitrogen and oxygen atoms in total. The fourth-order valence-electron chi connectivity index (χ4n) is 5.61. The Hall–Kier alpha value is -5.22. The first-order chi connectivity index (χ1) is 21.4. The molecule has 0 spiro atoms. The number of carbonyl (C=O) groups is 2. The van der Waals surface area contributed by atoms with Gasteiger partial charge >= 0.3 is 5.97 Å². The Labute approximate surface area is 258 Å². The average Bonchev–Trinajstić information content (AvgIpc) is 3.37. The third-order valence-electron chi connectivity index (χ3n) is 7.48. The van der Waals surface area contributed by atoms with Crippen LogP contribution in [0.15, 0.2) is 96.0 Å². The Morgan fingerprint density at radius 3 is 2.50 bits per heavy atom. The molecule has 6 rings (SSSR count). The lowest BCUT2D eigenvalue weighted by Crippen LogP contribution is -2.38. The van der Waals surface area contributed by atoms with E-state index in [4.69, 9.17) is 21.3 Å². The Kier molecular flexibility index (Phi) is 7.99. The molecule has 11 heteroatoms. The molecule has 4 aromatic heterocycles. The smallest absolute Gasteiger partial charge is 0.336 e. The number of aryl methyl sites for hydroxylation is 1. The number of ether oxygens (including phenoxy) is 1. The minimum absolute atomic E-state index is 0.136. The number of hydrogen-bond acceptors (Lipinski definition) is 8. The van der Waals surface area contributed by atoms with Gasteiger partial charge in [-0.05, 0) is 62.7 Å². The summed E-state index contributed by atoms with van der Waals surface area (Å²) in [5.74, 6) is -1.52. The number of pyridine rings is 3. The number of amides is 1. The topological polar surface area (TPSA) is 124 Å². The molecule has 5 heterocycles. The third kappa shape index (κ3) is 5.35. The van der Waals surface area contributed by atoms with E-state index >= 15 is 0 Å². The highest BCUT2D eigenvalue weighted by Gasteiger charge is 2.43. The van der Waals surface area contributed by atoms with Gasteiger partial charge in [0.05, 0.1) is 35.5 Å². The van der Waals surface area contributed by atoms with Crippen LogP contribution in [0.2, 0.25) is 5.15 Å². The summed E-state index contributed by atoms with van der Waals surface area (Å²) in [5, 5.41) is 3.05. The molecule has 0 aliphatic carbocycles. The van der Waals surface area contributed by atoms with Crippen molar-refractivity contribution in [1.82, 2.24) is 24.5 Å². The normalized spacial score (nSPS) is 16.5. The van der Waals surface area contributed by atoms with Crippen LogP contribution in [-0.2, 0) is 14.3 Å². The lowest BCUT2D eigenvalue weighted by atomic mass is 9.74. The molecule has 220 valence electrons. The summed E-state index contributed by atoms with van der Waals surface area (Å²) >= 11 is 6.63. The van der Waals surface area contributed by atoms with Crippen molar-refractivity contribution in [1.29, 1.82) is 0 Å². The number of nitrogens with zero attached hydrogens (tertiary/aromatic N) is 6. The monoisotopic (exact) mass is 605 g/mol. The highest BCUT2D eigenvalue weighted by molar-refractivity contribution is 6.30. The second-order valence-corrected chi connectivity index (χ2v) is 10.5. The number of hydrogen-bond donors (Lipinski definition) is 1. The van der Waals surface area contributed by atoms with E-state index in [-0.39, 0.29) is 23.2 Å². The maximum atomic E-state index is 13.9. The number of benzene rings is 1. The molecule has 1 aliphatic heterocycles. The molecule has 0 bridgehead atoms. The molecule has 0 saturated heterocycles. The Morgan fingerprint density at radius 2 is 1.77 bits per heavy atom. The number of rotatable bonds is 7. The van der Waals surface area contributed by atoms with Crippen LogP contribution in [0.4, 0.5) is 5.82 Å². The highest BCUT2D eigenvalue weighted by Crippen LogP contribution is 2.44. The zero-order valence-electron chi connectivity index (χ0n) is 24.2. The molecule has 1 aromatic carbocycles. The van der Waals surface area contributed by atoms with Crippen LogP contribution in [0, 0.1) is 12.8 Å². The molecule has 1 amide bonds. The van der Waals surface area contributed by atoms with Crippen LogP contribution in [0.3, 0.4) is 0 Å². The van der Waals surface area contributed by atoms with E-state index in [9.17, 15) is 9.59 Å². The van der Waals surface area contributed by atoms with Gasteiger partial charge in [0, 0.05) is 41.5 Å². The van der Waals surface area contributed by atoms with Gasteiger partial charge in [-0.15, -0.1) is 0 Å². The van der Waals surface area contributed by atoms with Crippen molar-refractivity contribution in [2.24, 2.45) is 10.9 Å². The van der Waals surface area contributed by atoms with E-state index < -0.39 is 17.8 Å². The van der Waals surface area contributed by atoms with Crippen molar-refractivity contribution in [2.45, 2.75) is 26.7 Å². The van der Waals surface area contributed by atoms with E-state index in [2.05, 4.69) is 25.3 Å². The van der Waals surface area contributed by atoms with Gasteiger partial charge < -0.3 is 10.1 Å². The Balaban J connectivity index is 1.50. The molecule has 0 radical (unpaired) electrons. The number of aliphatic imine (C=N–C) groups is 1. The van der Waals surface area contributed by atoms with Crippen molar-refractivity contribution in [3.05, 3.63) is 113 Å². The number of aromatic nitrogens is 5. The van der Waals surface area contributed by atoms with Crippen LogP contribution >= 0.6 is 11.6 Å². The second kappa shape index (κ2) is 12.2. The van der Waals surface area contributed by atoms with Crippen LogP contribution in [0.25, 0.3) is 22.4 Å². The number of fused-ring (bicyclic) bond motifs is 1. The predicted octanol–water partition coefficient (Wildman–Crippen LogP) is 5.96. The zero-order chi connectivity index (χ0) is 30.8. The number of imidazole rings is 1. The summed E-state index contributed by atoms with van der Waals surface area (Å²) in [6.07, 6.45) is 6.61. The molecule has 0 saturated carbocycles. The molecule has 5 aromatic rings. The van der Waals surface area contributed by atoms with Gasteiger partial charge in [-0.2, -0.15) is 0 Å². The quantitative estimate of drug-likeness (QED) is 0.179. The van der Waals surface area contributed by atoms with Gasteiger partial charge in [0.2, 0.25) is 5.91 Å². The standard InChI is InChI=1S/C33H28ClN7O3/c1-4-44-33(43)29-28(23-8-7-16-37-31(23)34)27(32(42)40-26-9-5-6-15-36-26)19(2)38-30(29)21-10-12-22(13-11-21)41-20(3)39-24-18-35-17-14-25(24)41/h5-18,27-28H,4H2,1-3H3,(H,36,40,42).